The lowest BCUT2D eigenvalue weighted by Crippen LogP contribution is -2.15. The molecule has 0 saturated carbocycles. The van der Waals surface area contributed by atoms with E-state index in [1.54, 1.807) is 0 Å². The van der Waals surface area contributed by atoms with Crippen LogP contribution in [0, 0.1) is 5.41 Å². The maximum atomic E-state index is 11.7. The highest BCUT2D eigenvalue weighted by molar-refractivity contribution is 6.07. The highest BCUT2D eigenvalue weighted by Crippen LogP contribution is 2.22. The van der Waals surface area contributed by atoms with Gasteiger partial charge in [-0.25, -0.2) is 0 Å². The molecule has 0 aliphatic rings. The van der Waals surface area contributed by atoms with E-state index in [1.165, 1.54) is 6.21 Å². The van der Waals surface area contributed by atoms with Gasteiger partial charge in [0.15, 0.2) is 0 Å². The Balaban J connectivity index is 2.34. The predicted octanol–water partition coefficient (Wildman–Crippen LogP) is 2.15. The van der Waals surface area contributed by atoms with Crippen molar-refractivity contribution in [2.75, 3.05) is 13.2 Å². The number of fused-ring (bicyclic) bond motifs is 1. The summed E-state index contributed by atoms with van der Waals surface area (Å²) in [5.74, 6) is -0.418. The topological polar surface area (TPSA) is 76.2 Å². The Morgan fingerprint density at radius 3 is 2.79 bits per heavy atom. The fourth-order valence-corrected chi connectivity index (χ4v) is 2.14. The molecule has 4 nitrogen and oxygen atoms in total. The third-order valence-corrected chi connectivity index (χ3v) is 2.98. The van der Waals surface area contributed by atoms with Crippen LogP contribution in [-0.2, 0) is 11.2 Å². The molecule has 0 radical (unpaired) electrons. The van der Waals surface area contributed by atoms with E-state index in [2.05, 4.69) is 0 Å². The van der Waals surface area contributed by atoms with E-state index in [0.29, 0.717) is 25.2 Å². The largest absolute Gasteiger partial charge is 0.375 e. The minimum atomic E-state index is -0.418. The number of ether oxygens (including phenoxy) is 1. The lowest BCUT2D eigenvalue weighted by Gasteiger charge is -2.10. The first-order chi connectivity index (χ1) is 9.24. The maximum absolute atomic E-state index is 11.7. The van der Waals surface area contributed by atoms with Crippen molar-refractivity contribution in [3.05, 3.63) is 47.5 Å². The summed E-state index contributed by atoms with van der Waals surface area (Å²) in [5, 5.41) is 8.75. The van der Waals surface area contributed by atoms with Crippen LogP contribution >= 0.6 is 0 Å². The van der Waals surface area contributed by atoms with E-state index < -0.39 is 5.91 Å². The second-order valence-electron chi connectivity index (χ2n) is 4.21. The molecule has 0 spiro atoms. The third-order valence-electron chi connectivity index (χ3n) is 2.98. The molecule has 19 heavy (non-hydrogen) atoms. The quantitative estimate of drug-likeness (QED) is 0.613. The van der Waals surface area contributed by atoms with Crippen molar-refractivity contribution in [1.29, 1.82) is 5.41 Å². The molecule has 0 fully saturated rings. The van der Waals surface area contributed by atoms with E-state index in [-0.39, 0.29) is 0 Å². The van der Waals surface area contributed by atoms with Gasteiger partial charge in [0.2, 0.25) is 5.91 Å². The van der Waals surface area contributed by atoms with Crippen molar-refractivity contribution in [3.63, 3.8) is 0 Å². The van der Waals surface area contributed by atoms with Gasteiger partial charge in [0.05, 0.1) is 18.8 Å². The highest BCUT2D eigenvalue weighted by Gasteiger charge is 2.12. The van der Waals surface area contributed by atoms with Crippen LogP contribution in [0.1, 0.15) is 15.9 Å². The maximum Gasteiger partial charge on any atom is 0.249 e. The van der Waals surface area contributed by atoms with Crippen molar-refractivity contribution in [2.45, 2.75) is 6.42 Å². The average molecular weight is 256 g/mol. The number of carbonyl (C=O) groups is 1. The monoisotopic (exact) mass is 256 g/mol. The molecule has 2 aromatic rings. The normalized spacial score (nSPS) is 10.5. The SMILES string of the molecule is N=CCOCCc1ccc2ccccc2c1C(N)=O. The van der Waals surface area contributed by atoms with Gasteiger partial charge in [-0.1, -0.05) is 36.4 Å². The Kier molecular flexibility index (Phi) is 4.26. The average Bonchev–Trinajstić information content (AvgIpc) is 2.42. The summed E-state index contributed by atoms with van der Waals surface area (Å²) < 4.78 is 5.24. The highest BCUT2D eigenvalue weighted by atomic mass is 16.5. The molecule has 0 aliphatic carbocycles. The minimum absolute atomic E-state index is 0.291. The van der Waals surface area contributed by atoms with Crippen LogP contribution < -0.4 is 5.73 Å². The summed E-state index contributed by atoms with van der Waals surface area (Å²) in [5.41, 5.74) is 6.95. The van der Waals surface area contributed by atoms with Crippen LogP contribution in [0.3, 0.4) is 0 Å². The predicted molar refractivity (Wildman–Crippen MR) is 75.8 cm³/mol. The number of primary amides is 1. The summed E-state index contributed by atoms with van der Waals surface area (Å²) >= 11 is 0. The number of nitrogens with two attached hydrogens (primary N) is 1. The lowest BCUT2D eigenvalue weighted by molar-refractivity contribution is 0.100. The molecule has 0 saturated heterocycles. The smallest absolute Gasteiger partial charge is 0.249 e. The molecule has 2 aromatic carbocycles. The fraction of sp³-hybridized carbons (Fsp3) is 0.200. The molecular weight excluding hydrogens is 240 g/mol. The molecule has 0 aromatic heterocycles. The van der Waals surface area contributed by atoms with Crippen molar-refractivity contribution in [2.24, 2.45) is 5.73 Å². The zero-order valence-corrected chi connectivity index (χ0v) is 10.6. The first-order valence-electron chi connectivity index (χ1n) is 6.11. The van der Waals surface area contributed by atoms with Crippen LogP contribution in [0.25, 0.3) is 10.8 Å². The van der Waals surface area contributed by atoms with Gasteiger partial charge < -0.3 is 15.9 Å². The number of rotatable bonds is 6. The van der Waals surface area contributed by atoms with E-state index in [4.69, 9.17) is 15.9 Å². The molecule has 4 heteroatoms. The molecule has 98 valence electrons. The van der Waals surface area contributed by atoms with Gasteiger partial charge in [-0.3, -0.25) is 4.79 Å². The second-order valence-corrected chi connectivity index (χ2v) is 4.21. The summed E-state index contributed by atoms with van der Waals surface area (Å²) in [6, 6.07) is 11.6. The number of carbonyl (C=O) groups excluding carboxylic acids is 1. The van der Waals surface area contributed by atoms with E-state index >= 15 is 0 Å². The van der Waals surface area contributed by atoms with Crippen molar-refractivity contribution >= 4 is 22.9 Å². The zero-order chi connectivity index (χ0) is 13.7. The summed E-state index contributed by atoms with van der Waals surface area (Å²) in [4.78, 5) is 11.7. The van der Waals surface area contributed by atoms with Gasteiger partial charge in [0, 0.05) is 6.21 Å². The summed E-state index contributed by atoms with van der Waals surface area (Å²) in [6.07, 6.45) is 1.81. The van der Waals surface area contributed by atoms with Gasteiger partial charge in [0.25, 0.3) is 0 Å². The van der Waals surface area contributed by atoms with Gasteiger partial charge in [-0.15, -0.1) is 0 Å². The number of amides is 1. The van der Waals surface area contributed by atoms with Crippen molar-refractivity contribution < 1.29 is 9.53 Å². The van der Waals surface area contributed by atoms with Gasteiger partial charge in [0.1, 0.15) is 0 Å². The minimum Gasteiger partial charge on any atom is -0.375 e. The molecule has 2 rings (SSSR count). The van der Waals surface area contributed by atoms with E-state index in [0.717, 1.165) is 16.3 Å². The van der Waals surface area contributed by atoms with Crippen LogP contribution in [0.5, 0.6) is 0 Å². The Labute approximate surface area is 111 Å². The Morgan fingerprint density at radius 1 is 1.26 bits per heavy atom. The van der Waals surface area contributed by atoms with Crippen LogP contribution in [0.2, 0.25) is 0 Å². The first kappa shape index (κ1) is 13.2. The number of hydrogen-bond donors (Lipinski definition) is 2. The van der Waals surface area contributed by atoms with Gasteiger partial charge >= 0.3 is 0 Å². The van der Waals surface area contributed by atoms with Crippen molar-refractivity contribution in [3.8, 4) is 0 Å². The number of hydrogen-bond acceptors (Lipinski definition) is 3. The standard InChI is InChI=1S/C15H16N2O2/c16-8-10-19-9-7-12-6-5-11-3-1-2-4-13(11)14(12)15(17)18/h1-6,8,16H,7,9-10H2,(H2,17,18). The Bertz CT molecular complexity index is 608. The molecule has 0 atom stereocenters. The zero-order valence-electron chi connectivity index (χ0n) is 10.6. The van der Waals surface area contributed by atoms with Crippen LogP contribution in [0.4, 0.5) is 0 Å². The summed E-state index contributed by atoms with van der Waals surface area (Å²) in [7, 11) is 0. The fourth-order valence-electron chi connectivity index (χ4n) is 2.14. The first-order valence-corrected chi connectivity index (χ1v) is 6.11. The molecule has 0 bridgehead atoms. The van der Waals surface area contributed by atoms with Crippen LogP contribution in [-0.4, -0.2) is 25.3 Å². The Morgan fingerprint density at radius 2 is 2.05 bits per heavy atom. The second kappa shape index (κ2) is 6.11. The van der Waals surface area contributed by atoms with Gasteiger partial charge in [-0.2, -0.15) is 0 Å². The molecule has 3 N–H and O–H groups in total. The van der Waals surface area contributed by atoms with E-state index in [9.17, 15) is 4.79 Å². The number of benzene rings is 2. The molecule has 0 aliphatic heterocycles. The molecular formula is C15H16N2O2. The molecule has 0 heterocycles. The molecule has 1 amide bonds. The molecule has 0 unspecified atom stereocenters. The van der Waals surface area contributed by atoms with E-state index in [1.807, 2.05) is 36.4 Å². The Hall–Kier alpha value is -2.20. The van der Waals surface area contributed by atoms with Crippen molar-refractivity contribution in [1.82, 2.24) is 0 Å². The summed E-state index contributed by atoms with van der Waals surface area (Å²) in [6.45, 7) is 0.757. The lowest BCUT2D eigenvalue weighted by atomic mass is 9.97. The third kappa shape index (κ3) is 2.98. The number of nitrogens with one attached hydrogen (secondary N) is 1. The van der Waals surface area contributed by atoms with Gasteiger partial charge in [-0.05, 0) is 22.8 Å². The van der Waals surface area contributed by atoms with Crippen LogP contribution in [0.15, 0.2) is 36.4 Å².